The molecule has 21 heavy (non-hydrogen) atoms. The number of nitrogens with zero attached hydrogens (tertiary/aromatic N) is 1. The van der Waals surface area contributed by atoms with Crippen LogP contribution < -0.4 is 5.32 Å². The zero-order chi connectivity index (χ0) is 15.2. The van der Waals surface area contributed by atoms with Crippen molar-refractivity contribution >= 4 is 22.4 Å². The number of anilines is 1. The number of aromatic nitrogens is 1. The van der Waals surface area contributed by atoms with Crippen LogP contribution in [-0.2, 0) is 9.53 Å². The Labute approximate surface area is 129 Å². The van der Waals surface area contributed by atoms with Crippen LogP contribution >= 0.6 is 11.3 Å². The molecule has 1 N–H and O–H groups in total. The molecule has 0 spiro atoms. The van der Waals surface area contributed by atoms with E-state index in [2.05, 4.69) is 23.3 Å². The molecule has 112 valence electrons. The van der Waals surface area contributed by atoms with Crippen LogP contribution in [0.2, 0.25) is 0 Å². The van der Waals surface area contributed by atoms with Crippen molar-refractivity contribution in [3.63, 3.8) is 0 Å². The van der Waals surface area contributed by atoms with Crippen LogP contribution in [-0.4, -0.2) is 23.6 Å². The van der Waals surface area contributed by atoms with Crippen LogP contribution in [0, 0.1) is 6.92 Å². The van der Waals surface area contributed by atoms with E-state index in [1.165, 1.54) is 16.9 Å². The fraction of sp³-hybridized carbons (Fsp3) is 0.375. The maximum absolute atomic E-state index is 11.8. The summed E-state index contributed by atoms with van der Waals surface area (Å²) in [4.78, 5) is 16.3. The highest BCUT2D eigenvalue weighted by molar-refractivity contribution is 7.14. The van der Waals surface area contributed by atoms with Gasteiger partial charge in [-0.3, -0.25) is 4.79 Å². The molecule has 1 amide bonds. The highest BCUT2D eigenvalue weighted by Gasteiger charge is 2.09. The van der Waals surface area contributed by atoms with Gasteiger partial charge in [-0.2, -0.15) is 0 Å². The summed E-state index contributed by atoms with van der Waals surface area (Å²) in [6, 6.07) is 8.08. The molecule has 5 heteroatoms. The van der Waals surface area contributed by atoms with Gasteiger partial charge in [0.25, 0.3) is 0 Å². The molecule has 0 atom stereocenters. The Morgan fingerprint density at radius 2 is 2.14 bits per heavy atom. The van der Waals surface area contributed by atoms with Crippen LogP contribution in [0.15, 0.2) is 29.6 Å². The molecule has 0 aliphatic carbocycles. The number of benzene rings is 1. The number of nitrogens with one attached hydrogen (secondary N) is 1. The predicted octanol–water partition coefficient (Wildman–Crippen LogP) is 3.87. The molecule has 1 aromatic carbocycles. The minimum atomic E-state index is -0.0682. The molecule has 4 nitrogen and oxygen atoms in total. The fourth-order valence-corrected chi connectivity index (χ4v) is 2.61. The normalized spacial score (nSPS) is 10.9. The Bertz CT molecular complexity index is 608. The predicted molar refractivity (Wildman–Crippen MR) is 86.6 cm³/mol. The molecule has 2 aromatic rings. The maximum atomic E-state index is 11.8. The fourth-order valence-electron chi connectivity index (χ4n) is 1.88. The van der Waals surface area contributed by atoms with Crippen molar-refractivity contribution in [3.8, 4) is 11.3 Å². The van der Waals surface area contributed by atoms with Gasteiger partial charge in [-0.05, 0) is 26.3 Å². The average Bonchev–Trinajstić information content (AvgIpc) is 2.87. The van der Waals surface area contributed by atoms with Gasteiger partial charge >= 0.3 is 0 Å². The van der Waals surface area contributed by atoms with Crippen LogP contribution in [0.5, 0.6) is 0 Å². The van der Waals surface area contributed by atoms with Gasteiger partial charge in [0.15, 0.2) is 5.13 Å². The first-order valence-corrected chi connectivity index (χ1v) is 7.87. The molecule has 0 aliphatic heterocycles. The number of hydrogen-bond acceptors (Lipinski definition) is 4. The lowest BCUT2D eigenvalue weighted by molar-refractivity contribution is -0.117. The molecule has 0 saturated heterocycles. The molecule has 0 fully saturated rings. The number of carbonyl (C=O) groups excluding carboxylic acids is 1. The minimum absolute atomic E-state index is 0.0682. The van der Waals surface area contributed by atoms with Crippen molar-refractivity contribution in [2.45, 2.75) is 33.3 Å². The van der Waals surface area contributed by atoms with Crippen molar-refractivity contribution < 1.29 is 9.53 Å². The lowest BCUT2D eigenvalue weighted by Gasteiger charge is -2.06. The van der Waals surface area contributed by atoms with Crippen LogP contribution in [0.25, 0.3) is 11.3 Å². The van der Waals surface area contributed by atoms with Crippen molar-refractivity contribution in [2.75, 3.05) is 11.9 Å². The summed E-state index contributed by atoms with van der Waals surface area (Å²) in [7, 11) is 0. The second kappa shape index (κ2) is 7.33. The zero-order valence-electron chi connectivity index (χ0n) is 12.6. The largest absolute Gasteiger partial charge is 0.378 e. The monoisotopic (exact) mass is 304 g/mol. The Balaban J connectivity index is 1.94. The van der Waals surface area contributed by atoms with E-state index in [1.54, 1.807) is 0 Å². The van der Waals surface area contributed by atoms with Crippen molar-refractivity contribution in [1.29, 1.82) is 0 Å². The SMILES string of the molecule is Cc1ccccc1-c1csc(NC(=O)CCOC(C)C)n1. The number of amides is 1. The van der Waals surface area contributed by atoms with Crippen LogP contribution in [0.1, 0.15) is 25.8 Å². The molecule has 0 saturated carbocycles. The van der Waals surface area contributed by atoms with E-state index in [4.69, 9.17) is 4.74 Å². The van der Waals surface area contributed by atoms with E-state index in [1.807, 2.05) is 37.4 Å². The van der Waals surface area contributed by atoms with Gasteiger partial charge in [0.05, 0.1) is 24.8 Å². The molecule has 0 unspecified atom stereocenters. The lowest BCUT2D eigenvalue weighted by Crippen LogP contribution is -2.15. The third-order valence-corrected chi connectivity index (χ3v) is 3.71. The van der Waals surface area contributed by atoms with E-state index in [9.17, 15) is 4.79 Å². The lowest BCUT2D eigenvalue weighted by atomic mass is 10.1. The number of hydrogen-bond donors (Lipinski definition) is 1. The van der Waals surface area contributed by atoms with Gasteiger partial charge in [-0.1, -0.05) is 24.3 Å². The van der Waals surface area contributed by atoms with Crippen molar-refractivity contribution in [3.05, 3.63) is 35.2 Å². The number of thiazole rings is 1. The standard InChI is InChI=1S/C16H20N2O2S/c1-11(2)20-9-8-15(19)18-16-17-14(10-21-16)13-7-5-4-6-12(13)3/h4-7,10-11H,8-9H2,1-3H3,(H,17,18,19). The van der Waals surface area contributed by atoms with E-state index in [0.29, 0.717) is 18.2 Å². The number of ether oxygens (including phenoxy) is 1. The number of aryl methyl sites for hydroxylation is 1. The second-order valence-corrected chi connectivity index (χ2v) is 5.93. The first-order valence-electron chi connectivity index (χ1n) is 6.99. The van der Waals surface area contributed by atoms with Gasteiger partial charge in [-0.25, -0.2) is 4.98 Å². The summed E-state index contributed by atoms with van der Waals surface area (Å²) in [5.41, 5.74) is 3.16. The summed E-state index contributed by atoms with van der Waals surface area (Å²) in [5.74, 6) is -0.0682. The molecule has 1 heterocycles. The molecular formula is C16H20N2O2S. The Hall–Kier alpha value is -1.72. The van der Waals surface area contributed by atoms with E-state index in [0.717, 1.165) is 11.3 Å². The number of rotatable bonds is 6. The van der Waals surface area contributed by atoms with E-state index >= 15 is 0 Å². The molecule has 1 aromatic heterocycles. The molecule has 0 radical (unpaired) electrons. The highest BCUT2D eigenvalue weighted by Crippen LogP contribution is 2.27. The third kappa shape index (κ3) is 4.65. The van der Waals surface area contributed by atoms with Crippen LogP contribution in [0.3, 0.4) is 0 Å². The van der Waals surface area contributed by atoms with Gasteiger partial charge in [0.1, 0.15) is 0 Å². The van der Waals surface area contributed by atoms with E-state index < -0.39 is 0 Å². The molecular weight excluding hydrogens is 284 g/mol. The molecule has 0 bridgehead atoms. The van der Waals surface area contributed by atoms with E-state index in [-0.39, 0.29) is 12.0 Å². The van der Waals surface area contributed by atoms with Crippen molar-refractivity contribution in [1.82, 2.24) is 4.98 Å². The van der Waals surface area contributed by atoms with Crippen LogP contribution in [0.4, 0.5) is 5.13 Å². The summed E-state index contributed by atoms with van der Waals surface area (Å²) < 4.78 is 5.36. The second-order valence-electron chi connectivity index (χ2n) is 5.07. The maximum Gasteiger partial charge on any atom is 0.228 e. The molecule has 2 rings (SSSR count). The average molecular weight is 304 g/mol. The van der Waals surface area contributed by atoms with Crippen molar-refractivity contribution in [2.24, 2.45) is 0 Å². The third-order valence-electron chi connectivity index (χ3n) is 2.95. The van der Waals surface area contributed by atoms with Gasteiger partial charge < -0.3 is 10.1 Å². The first-order chi connectivity index (χ1) is 10.1. The van der Waals surface area contributed by atoms with Gasteiger partial charge in [-0.15, -0.1) is 11.3 Å². The minimum Gasteiger partial charge on any atom is -0.378 e. The topological polar surface area (TPSA) is 51.2 Å². The summed E-state index contributed by atoms with van der Waals surface area (Å²) in [6.07, 6.45) is 0.489. The quantitative estimate of drug-likeness (QED) is 0.881. The first kappa shape index (κ1) is 15.7. The Morgan fingerprint density at radius 1 is 1.38 bits per heavy atom. The van der Waals surface area contributed by atoms with Gasteiger partial charge in [0, 0.05) is 10.9 Å². The summed E-state index contributed by atoms with van der Waals surface area (Å²) in [5, 5.41) is 5.40. The summed E-state index contributed by atoms with van der Waals surface area (Å²) in [6.45, 7) is 6.39. The van der Waals surface area contributed by atoms with Gasteiger partial charge in [0.2, 0.25) is 5.91 Å². The Kier molecular flexibility index (Phi) is 5.47. The highest BCUT2D eigenvalue weighted by atomic mass is 32.1. The smallest absolute Gasteiger partial charge is 0.228 e. The summed E-state index contributed by atoms with van der Waals surface area (Å²) >= 11 is 1.44. The molecule has 0 aliphatic rings. The number of carbonyl (C=O) groups is 1. The Morgan fingerprint density at radius 3 is 2.86 bits per heavy atom. The zero-order valence-corrected chi connectivity index (χ0v) is 13.4.